The Bertz CT molecular complexity index is 960. The highest BCUT2D eigenvalue weighted by Gasteiger charge is 2.21. The molecule has 0 unspecified atom stereocenters. The van der Waals surface area contributed by atoms with Crippen LogP contribution in [0.4, 0.5) is 5.82 Å². The molecule has 4 heterocycles. The van der Waals surface area contributed by atoms with Gasteiger partial charge in [-0.1, -0.05) is 6.07 Å². The topological polar surface area (TPSA) is 71.8 Å². The van der Waals surface area contributed by atoms with Crippen molar-refractivity contribution in [3.63, 3.8) is 0 Å². The predicted octanol–water partition coefficient (Wildman–Crippen LogP) is 3.03. The molecule has 0 radical (unpaired) electrons. The van der Waals surface area contributed by atoms with Crippen molar-refractivity contribution < 1.29 is 9.63 Å². The van der Waals surface area contributed by atoms with Crippen LogP contribution in [0, 0.1) is 6.92 Å². The highest BCUT2D eigenvalue weighted by atomic mass is 16.7. The molecule has 0 saturated carbocycles. The maximum absolute atomic E-state index is 12.6. The van der Waals surface area contributed by atoms with Crippen LogP contribution in [0.15, 0.2) is 43.0 Å². The molecule has 3 aromatic heterocycles. The molecule has 4 rings (SSSR count). The van der Waals surface area contributed by atoms with Crippen LogP contribution in [-0.2, 0) is 4.84 Å². The van der Waals surface area contributed by atoms with E-state index < -0.39 is 0 Å². The lowest BCUT2D eigenvalue weighted by Crippen LogP contribution is -2.32. The first-order chi connectivity index (χ1) is 13.1. The number of anilines is 1. The van der Waals surface area contributed by atoms with Gasteiger partial charge in [-0.05, 0) is 48.9 Å². The van der Waals surface area contributed by atoms with E-state index in [9.17, 15) is 4.79 Å². The Morgan fingerprint density at radius 2 is 2.07 bits per heavy atom. The van der Waals surface area contributed by atoms with Gasteiger partial charge in [-0.25, -0.2) is 9.97 Å². The van der Waals surface area contributed by atoms with E-state index in [1.807, 2.05) is 34.8 Å². The molecule has 1 fully saturated rings. The third-order valence-corrected chi connectivity index (χ3v) is 5.17. The fraction of sp³-hybridized carbons (Fsp3) is 0.350. The number of pyridine rings is 2. The average molecular weight is 365 g/mol. The zero-order valence-electron chi connectivity index (χ0n) is 15.6. The second kappa shape index (κ2) is 7.46. The number of carbonyl (C=O) groups excluding carboxylic acids is 1. The Balaban J connectivity index is 1.47. The fourth-order valence-corrected chi connectivity index (χ4v) is 3.56. The molecule has 1 N–H and O–H groups in total. The molecule has 0 aliphatic carbocycles. The van der Waals surface area contributed by atoms with Crippen LogP contribution in [0.25, 0.3) is 5.65 Å². The van der Waals surface area contributed by atoms with Gasteiger partial charge in [0.2, 0.25) is 0 Å². The van der Waals surface area contributed by atoms with Gasteiger partial charge in [-0.3, -0.25) is 4.79 Å². The van der Waals surface area contributed by atoms with Gasteiger partial charge in [0.25, 0.3) is 5.91 Å². The van der Waals surface area contributed by atoms with Crippen LogP contribution in [0.5, 0.6) is 0 Å². The molecule has 0 aromatic carbocycles. The van der Waals surface area contributed by atoms with Crippen LogP contribution in [-0.4, -0.2) is 45.5 Å². The molecule has 1 amide bonds. The van der Waals surface area contributed by atoms with Crippen LogP contribution >= 0.6 is 0 Å². The molecule has 1 saturated heterocycles. The van der Waals surface area contributed by atoms with Crippen molar-refractivity contribution >= 4 is 17.4 Å². The number of rotatable bonds is 4. The standard InChI is InChI=1S/C20H23N5O2/c1-14-11-17(15-5-8-25(27-2)9-6-15)12-22-19(14)23-20(26)16-3-4-18-21-7-10-24(18)13-16/h3-4,7,10-13,15H,5-6,8-9H2,1-2H3,(H,22,23,26). The fourth-order valence-electron chi connectivity index (χ4n) is 3.56. The number of hydrogen-bond donors (Lipinski definition) is 1. The van der Waals surface area contributed by atoms with E-state index in [1.54, 1.807) is 25.6 Å². The molecule has 1 aliphatic heterocycles. The van der Waals surface area contributed by atoms with Crippen LogP contribution in [0.1, 0.15) is 40.2 Å². The maximum Gasteiger partial charge on any atom is 0.258 e. The highest BCUT2D eigenvalue weighted by molar-refractivity contribution is 6.04. The minimum absolute atomic E-state index is 0.178. The van der Waals surface area contributed by atoms with Gasteiger partial charge in [0, 0.05) is 37.9 Å². The van der Waals surface area contributed by atoms with Crippen molar-refractivity contribution in [3.05, 3.63) is 59.7 Å². The summed E-state index contributed by atoms with van der Waals surface area (Å²) >= 11 is 0. The number of carbonyl (C=O) groups is 1. The van der Waals surface area contributed by atoms with Crippen molar-refractivity contribution in [1.82, 2.24) is 19.4 Å². The normalized spacial score (nSPS) is 15.9. The van der Waals surface area contributed by atoms with E-state index in [2.05, 4.69) is 21.4 Å². The number of imidazole rings is 1. The molecule has 140 valence electrons. The lowest BCUT2D eigenvalue weighted by molar-refractivity contribution is -0.143. The summed E-state index contributed by atoms with van der Waals surface area (Å²) in [7, 11) is 1.72. The monoisotopic (exact) mass is 365 g/mol. The van der Waals surface area contributed by atoms with Crippen molar-refractivity contribution in [1.29, 1.82) is 0 Å². The zero-order valence-corrected chi connectivity index (χ0v) is 15.6. The van der Waals surface area contributed by atoms with Crippen molar-refractivity contribution in [2.45, 2.75) is 25.7 Å². The summed E-state index contributed by atoms with van der Waals surface area (Å²) in [6.07, 6.45) is 9.27. The summed E-state index contributed by atoms with van der Waals surface area (Å²) in [4.78, 5) is 26.6. The number of piperidine rings is 1. The number of hydroxylamine groups is 2. The molecule has 7 heteroatoms. The Labute approximate surface area is 157 Å². The van der Waals surface area contributed by atoms with Crippen LogP contribution in [0.2, 0.25) is 0 Å². The van der Waals surface area contributed by atoms with Gasteiger partial charge in [-0.2, -0.15) is 5.06 Å². The molecule has 3 aromatic rings. The van der Waals surface area contributed by atoms with Crippen LogP contribution < -0.4 is 5.32 Å². The van der Waals surface area contributed by atoms with E-state index in [0.717, 1.165) is 37.1 Å². The number of aryl methyl sites for hydroxylation is 1. The van der Waals surface area contributed by atoms with Crippen LogP contribution in [0.3, 0.4) is 0 Å². The molecule has 0 bridgehead atoms. The molecular formula is C20H23N5O2. The molecule has 1 aliphatic rings. The number of nitrogens with zero attached hydrogens (tertiary/aromatic N) is 4. The van der Waals surface area contributed by atoms with E-state index in [1.165, 1.54) is 5.56 Å². The summed E-state index contributed by atoms with van der Waals surface area (Å²) in [5.74, 6) is 0.905. The largest absolute Gasteiger partial charge is 0.306 e. The SMILES string of the molecule is CON1CCC(c2cnc(NC(=O)c3ccc4nccn4c3)c(C)c2)CC1. The molecular weight excluding hydrogens is 342 g/mol. The van der Waals surface area contributed by atoms with E-state index in [-0.39, 0.29) is 5.91 Å². The number of amides is 1. The van der Waals surface area contributed by atoms with Gasteiger partial charge in [0.1, 0.15) is 11.5 Å². The average Bonchev–Trinajstić information content (AvgIpc) is 3.17. The Morgan fingerprint density at radius 3 is 2.81 bits per heavy atom. The summed E-state index contributed by atoms with van der Waals surface area (Å²) in [5, 5.41) is 4.91. The second-order valence-corrected chi connectivity index (χ2v) is 6.88. The number of fused-ring (bicyclic) bond motifs is 1. The first kappa shape index (κ1) is 17.6. The Kier molecular flexibility index (Phi) is 4.87. The van der Waals surface area contributed by atoms with E-state index >= 15 is 0 Å². The van der Waals surface area contributed by atoms with Crippen molar-refractivity contribution in [3.8, 4) is 0 Å². The molecule has 7 nitrogen and oxygen atoms in total. The number of aromatic nitrogens is 3. The van der Waals surface area contributed by atoms with E-state index in [4.69, 9.17) is 4.84 Å². The number of hydrogen-bond acceptors (Lipinski definition) is 5. The zero-order chi connectivity index (χ0) is 18.8. The first-order valence-electron chi connectivity index (χ1n) is 9.13. The molecule has 27 heavy (non-hydrogen) atoms. The maximum atomic E-state index is 12.6. The predicted molar refractivity (Wildman–Crippen MR) is 103 cm³/mol. The number of nitrogens with one attached hydrogen (secondary N) is 1. The summed E-state index contributed by atoms with van der Waals surface area (Å²) < 4.78 is 1.82. The minimum Gasteiger partial charge on any atom is -0.306 e. The van der Waals surface area contributed by atoms with Gasteiger partial charge >= 0.3 is 0 Å². The minimum atomic E-state index is -0.178. The van der Waals surface area contributed by atoms with Gasteiger partial charge in [-0.15, -0.1) is 0 Å². The quantitative estimate of drug-likeness (QED) is 0.769. The summed E-state index contributed by atoms with van der Waals surface area (Å²) in [5.41, 5.74) is 3.57. The lowest BCUT2D eigenvalue weighted by atomic mass is 9.90. The van der Waals surface area contributed by atoms with Crippen molar-refractivity contribution in [2.75, 3.05) is 25.5 Å². The Morgan fingerprint density at radius 1 is 1.26 bits per heavy atom. The van der Waals surface area contributed by atoms with E-state index in [0.29, 0.717) is 17.3 Å². The third-order valence-electron chi connectivity index (χ3n) is 5.17. The van der Waals surface area contributed by atoms with Crippen molar-refractivity contribution in [2.24, 2.45) is 0 Å². The third kappa shape index (κ3) is 3.70. The summed E-state index contributed by atoms with van der Waals surface area (Å²) in [6, 6.07) is 5.73. The Hall–Kier alpha value is -2.77. The van der Waals surface area contributed by atoms with Gasteiger partial charge < -0.3 is 14.6 Å². The first-order valence-corrected chi connectivity index (χ1v) is 9.13. The lowest BCUT2D eigenvalue weighted by Gasteiger charge is -2.30. The highest BCUT2D eigenvalue weighted by Crippen LogP contribution is 2.29. The molecule has 0 spiro atoms. The smallest absolute Gasteiger partial charge is 0.258 e. The molecule has 0 atom stereocenters. The summed E-state index contributed by atoms with van der Waals surface area (Å²) in [6.45, 7) is 3.83. The van der Waals surface area contributed by atoms with Gasteiger partial charge in [0.05, 0.1) is 12.7 Å². The second-order valence-electron chi connectivity index (χ2n) is 6.88. The van der Waals surface area contributed by atoms with Gasteiger partial charge in [0.15, 0.2) is 0 Å².